The number of amides is 1. The van der Waals surface area contributed by atoms with Crippen LogP contribution in [0.25, 0.3) is 0 Å². The fourth-order valence-corrected chi connectivity index (χ4v) is 7.70. The van der Waals surface area contributed by atoms with Gasteiger partial charge in [-0.05, 0) is 58.0 Å². The molecule has 2 aliphatic carbocycles. The van der Waals surface area contributed by atoms with Crippen LogP contribution in [-0.2, 0) is 4.79 Å². The van der Waals surface area contributed by atoms with Crippen molar-refractivity contribution >= 4 is 5.91 Å². The maximum atomic E-state index is 13.5. The van der Waals surface area contributed by atoms with E-state index in [1.807, 2.05) is 0 Å². The monoisotopic (exact) mass is 547 g/mol. The van der Waals surface area contributed by atoms with Crippen molar-refractivity contribution in [1.82, 2.24) is 10.2 Å². The highest BCUT2D eigenvalue weighted by Gasteiger charge is 2.34. The molecule has 2 rings (SSSR count). The lowest BCUT2D eigenvalue weighted by atomic mass is 9.70. The van der Waals surface area contributed by atoms with Crippen molar-refractivity contribution in [2.24, 2.45) is 17.8 Å². The molecule has 2 aliphatic rings. The van der Waals surface area contributed by atoms with Gasteiger partial charge in [0, 0.05) is 18.5 Å². The number of unbranched alkanes of at least 4 members (excludes halogenated alkanes) is 10. The van der Waals surface area contributed by atoms with E-state index in [1.165, 1.54) is 161 Å². The van der Waals surface area contributed by atoms with E-state index in [-0.39, 0.29) is 5.92 Å². The Morgan fingerprint density at radius 1 is 0.641 bits per heavy atom. The summed E-state index contributed by atoms with van der Waals surface area (Å²) in [6.45, 7) is 3.17. The summed E-state index contributed by atoms with van der Waals surface area (Å²) < 4.78 is 0. The Balaban J connectivity index is 1.65. The molecule has 0 spiro atoms. The minimum atomic E-state index is 0.274. The van der Waals surface area contributed by atoms with Crippen LogP contribution in [-0.4, -0.2) is 37.5 Å². The molecule has 2 saturated carbocycles. The molecule has 0 saturated heterocycles. The van der Waals surface area contributed by atoms with E-state index in [4.69, 9.17) is 0 Å². The van der Waals surface area contributed by atoms with Crippen LogP contribution in [0.2, 0.25) is 0 Å². The van der Waals surface area contributed by atoms with Gasteiger partial charge in [0.15, 0.2) is 0 Å². The lowest BCUT2D eigenvalue weighted by Gasteiger charge is -2.36. The van der Waals surface area contributed by atoms with Gasteiger partial charge in [-0.2, -0.15) is 0 Å². The molecular formula is C36H70N2O. The molecule has 0 aromatic carbocycles. The van der Waals surface area contributed by atoms with Crippen LogP contribution in [0.3, 0.4) is 0 Å². The first kappa shape index (κ1) is 34.6. The van der Waals surface area contributed by atoms with E-state index in [0.29, 0.717) is 17.9 Å². The number of hydrogen-bond donors (Lipinski definition) is 1. The molecule has 0 radical (unpaired) electrons. The normalized spacial score (nSPS) is 22.6. The Morgan fingerprint density at radius 2 is 1.13 bits per heavy atom. The fraction of sp³-hybridized carbons (Fsp3) is 0.972. The Morgan fingerprint density at radius 3 is 1.72 bits per heavy atom. The Kier molecular flexibility index (Phi) is 20.5. The van der Waals surface area contributed by atoms with Gasteiger partial charge in [0.25, 0.3) is 0 Å². The Labute approximate surface area is 245 Å². The third kappa shape index (κ3) is 15.9. The molecule has 39 heavy (non-hydrogen) atoms. The van der Waals surface area contributed by atoms with Gasteiger partial charge in [-0.15, -0.1) is 0 Å². The summed E-state index contributed by atoms with van der Waals surface area (Å²) in [6, 6.07) is 0.657. The molecule has 1 N–H and O–H groups in total. The molecule has 2 fully saturated rings. The first-order valence-electron chi connectivity index (χ1n) is 18.1. The molecule has 3 atom stereocenters. The summed E-state index contributed by atoms with van der Waals surface area (Å²) in [5.41, 5.74) is 0. The van der Waals surface area contributed by atoms with E-state index >= 15 is 0 Å². The van der Waals surface area contributed by atoms with Crippen LogP contribution in [0, 0.1) is 17.8 Å². The highest BCUT2D eigenvalue weighted by atomic mass is 16.1. The third-order valence-corrected chi connectivity index (χ3v) is 10.3. The molecular weight excluding hydrogens is 476 g/mol. The van der Waals surface area contributed by atoms with Crippen LogP contribution in [0.15, 0.2) is 0 Å². The molecule has 0 aliphatic heterocycles. The van der Waals surface area contributed by atoms with Crippen LogP contribution in [0.5, 0.6) is 0 Å². The predicted octanol–water partition coefficient (Wildman–Crippen LogP) is 10.5. The summed E-state index contributed by atoms with van der Waals surface area (Å²) in [5, 5.41) is 3.45. The van der Waals surface area contributed by atoms with Gasteiger partial charge in [-0.3, -0.25) is 4.79 Å². The van der Waals surface area contributed by atoms with E-state index < -0.39 is 0 Å². The highest BCUT2D eigenvalue weighted by molar-refractivity contribution is 5.79. The van der Waals surface area contributed by atoms with Gasteiger partial charge in [-0.1, -0.05) is 148 Å². The Hall–Kier alpha value is -0.570. The van der Waals surface area contributed by atoms with E-state index in [0.717, 1.165) is 25.3 Å². The maximum absolute atomic E-state index is 13.5. The van der Waals surface area contributed by atoms with Crippen LogP contribution < -0.4 is 5.32 Å². The number of nitrogens with zero attached hydrogens (tertiary/aromatic N) is 1. The largest absolute Gasteiger partial charge is 0.356 e. The highest BCUT2D eigenvalue weighted by Crippen LogP contribution is 2.39. The summed E-state index contributed by atoms with van der Waals surface area (Å²) in [6.07, 6.45) is 36.7. The summed E-state index contributed by atoms with van der Waals surface area (Å²) >= 11 is 0. The minimum Gasteiger partial charge on any atom is -0.356 e. The standard InChI is InChI=1S/C36H70N2O/c1-4-5-6-7-8-9-10-11-12-16-21-27-33(38(2)3)28-24-31-37-36(39)35-30-23-18-17-22-29-34(35)32-25-19-14-13-15-20-26-32/h32-35H,4-31H2,1-3H3,(H,37,39)/t33?,34-,35-/m0/s1. The fourth-order valence-electron chi connectivity index (χ4n) is 7.70. The Bertz CT molecular complexity index is 568. The first-order valence-corrected chi connectivity index (χ1v) is 18.1. The number of carbonyl (C=O) groups is 1. The van der Waals surface area contributed by atoms with Crippen molar-refractivity contribution in [3.63, 3.8) is 0 Å². The topological polar surface area (TPSA) is 32.3 Å². The van der Waals surface area contributed by atoms with Gasteiger partial charge in [0.1, 0.15) is 0 Å². The quantitative estimate of drug-likeness (QED) is 0.163. The van der Waals surface area contributed by atoms with Crippen LogP contribution in [0.1, 0.15) is 180 Å². The zero-order chi connectivity index (χ0) is 28.0. The van der Waals surface area contributed by atoms with E-state index in [2.05, 4.69) is 31.2 Å². The van der Waals surface area contributed by atoms with Gasteiger partial charge < -0.3 is 10.2 Å². The molecule has 3 heteroatoms. The molecule has 1 amide bonds. The second-order valence-corrected chi connectivity index (χ2v) is 13.7. The number of hydrogen-bond acceptors (Lipinski definition) is 2. The van der Waals surface area contributed by atoms with Crippen LogP contribution >= 0.6 is 0 Å². The van der Waals surface area contributed by atoms with Crippen LogP contribution in [0.4, 0.5) is 0 Å². The lowest BCUT2D eigenvalue weighted by Crippen LogP contribution is -2.39. The van der Waals surface area contributed by atoms with E-state index in [1.54, 1.807) is 0 Å². The molecule has 230 valence electrons. The van der Waals surface area contributed by atoms with Crippen molar-refractivity contribution in [2.45, 2.75) is 186 Å². The van der Waals surface area contributed by atoms with Crippen molar-refractivity contribution in [3.8, 4) is 0 Å². The van der Waals surface area contributed by atoms with Crippen molar-refractivity contribution < 1.29 is 4.79 Å². The zero-order valence-electron chi connectivity index (χ0n) is 27.0. The third-order valence-electron chi connectivity index (χ3n) is 10.3. The first-order chi connectivity index (χ1) is 19.1. The molecule has 0 aromatic rings. The molecule has 3 nitrogen and oxygen atoms in total. The van der Waals surface area contributed by atoms with E-state index in [9.17, 15) is 4.79 Å². The minimum absolute atomic E-state index is 0.274. The molecule has 0 heterocycles. The summed E-state index contributed by atoms with van der Waals surface area (Å²) in [7, 11) is 4.49. The summed E-state index contributed by atoms with van der Waals surface area (Å²) in [4.78, 5) is 15.9. The van der Waals surface area contributed by atoms with Gasteiger partial charge >= 0.3 is 0 Å². The smallest absolute Gasteiger partial charge is 0.223 e. The molecule has 0 bridgehead atoms. The predicted molar refractivity (Wildman–Crippen MR) is 171 cm³/mol. The maximum Gasteiger partial charge on any atom is 0.223 e. The SMILES string of the molecule is CCCCCCCCCCCCCC(CCCNC(=O)[C@H]1CCCCCC[C@H]1C1CCCCCCC1)N(C)C. The van der Waals surface area contributed by atoms with Crippen molar-refractivity contribution in [3.05, 3.63) is 0 Å². The number of nitrogens with one attached hydrogen (secondary N) is 1. The average molecular weight is 547 g/mol. The van der Waals surface area contributed by atoms with Crippen molar-refractivity contribution in [2.75, 3.05) is 20.6 Å². The average Bonchev–Trinajstić information content (AvgIpc) is 2.88. The molecule has 0 aromatic heterocycles. The summed E-state index contributed by atoms with van der Waals surface area (Å²) in [5.74, 6) is 2.11. The second-order valence-electron chi connectivity index (χ2n) is 13.7. The van der Waals surface area contributed by atoms with Crippen molar-refractivity contribution in [1.29, 1.82) is 0 Å². The van der Waals surface area contributed by atoms with Gasteiger partial charge in [0.2, 0.25) is 5.91 Å². The van der Waals surface area contributed by atoms with Gasteiger partial charge in [0.05, 0.1) is 0 Å². The lowest BCUT2D eigenvalue weighted by molar-refractivity contribution is -0.128. The van der Waals surface area contributed by atoms with Gasteiger partial charge in [-0.25, -0.2) is 0 Å². The number of carbonyl (C=O) groups excluding carboxylic acids is 1. The zero-order valence-corrected chi connectivity index (χ0v) is 27.0. The second kappa shape index (κ2) is 23.0. The molecule has 1 unspecified atom stereocenters. The number of rotatable bonds is 19.